The van der Waals surface area contributed by atoms with E-state index in [1.807, 2.05) is 0 Å². The molecule has 0 radical (unpaired) electrons. The number of rotatable bonds is 8. The van der Waals surface area contributed by atoms with Crippen LogP contribution in [0, 0.1) is 5.92 Å². The Bertz CT molecular complexity index is 124. The lowest BCUT2D eigenvalue weighted by Crippen LogP contribution is -2.41. The first-order valence-corrected chi connectivity index (χ1v) is 5.53. The van der Waals surface area contributed by atoms with E-state index in [9.17, 15) is 0 Å². The second kappa shape index (κ2) is 8.21. The second-order valence-corrected chi connectivity index (χ2v) is 4.15. The quantitative estimate of drug-likeness (QED) is 0.591. The van der Waals surface area contributed by atoms with E-state index < -0.39 is 0 Å². The highest BCUT2D eigenvalue weighted by Crippen LogP contribution is 2.07. The highest BCUT2D eigenvalue weighted by molar-refractivity contribution is 4.68. The Balaban J connectivity index is 3.76. The highest BCUT2D eigenvalue weighted by Gasteiger charge is 2.12. The zero-order chi connectivity index (χ0) is 11.0. The van der Waals surface area contributed by atoms with E-state index in [1.54, 1.807) is 7.11 Å². The number of hydrogen-bond donors (Lipinski definition) is 2. The van der Waals surface area contributed by atoms with Crippen molar-refractivity contribution in [2.45, 2.75) is 52.3 Å². The molecule has 2 atom stereocenters. The van der Waals surface area contributed by atoms with E-state index in [0.29, 0.717) is 5.92 Å². The van der Waals surface area contributed by atoms with Crippen LogP contribution in [-0.2, 0) is 4.74 Å². The molecule has 2 unspecified atom stereocenters. The molecular weight excluding hydrogens is 178 g/mol. The predicted octanol–water partition coefficient (Wildman–Crippen LogP) is 1.76. The molecule has 3 nitrogen and oxygen atoms in total. The van der Waals surface area contributed by atoms with Crippen molar-refractivity contribution in [1.29, 1.82) is 0 Å². The minimum Gasteiger partial charge on any atom is -0.395 e. The average molecular weight is 203 g/mol. The summed E-state index contributed by atoms with van der Waals surface area (Å²) in [6.07, 6.45) is 3.14. The monoisotopic (exact) mass is 203 g/mol. The number of nitrogens with one attached hydrogen (secondary N) is 1. The van der Waals surface area contributed by atoms with Gasteiger partial charge in [-0.1, -0.05) is 20.8 Å². The summed E-state index contributed by atoms with van der Waals surface area (Å²) >= 11 is 0. The lowest BCUT2D eigenvalue weighted by molar-refractivity contribution is 0.0488. The molecule has 0 aromatic carbocycles. The molecule has 0 heterocycles. The van der Waals surface area contributed by atoms with Crippen molar-refractivity contribution in [3.05, 3.63) is 0 Å². The Morgan fingerprint density at radius 2 is 1.93 bits per heavy atom. The first-order valence-electron chi connectivity index (χ1n) is 5.53. The summed E-state index contributed by atoms with van der Waals surface area (Å²) in [5, 5.41) is 12.4. The van der Waals surface area contributed by atoms with Gasteiger partial charge in [-0.3, -0.25) is 5.32 Å². The van der Waals surface area contributed by atoms with Crippen LogP contribution >= 0.6 is 0 Å². The van der Waals surface area contributed by atoms with Gasteiger partial charge in [0, 0.05) is 13.2 Å². The number of hydrogen-bond acceptors (Lipinski definition) is 3. The fourth-order valence-electron chi connectivity index (χ4n) is 1.38. The van der Waals surface area contributed by atoms with Crippen molar-refractivity contribution >= 4 is 0 Å². The Kier molecular flexibility index (Phi) is 8.14. The zero-order valence-electron chi connectivity index (χ0n) is 9.92. The molecule has 0 spiro atoms. The summed E-state index contributed by atoms with van der Waals surface area (Å²) in [6, 6.07) is 0.169. The molecule has 0 amide bonds. The Morgan fingerprint density at radius 3 is 2.29 bits per heavy atom. The summed E-state index contributed by atoms with van der Waals surface area (Å²) in [5.74, 6) is 0.688. The topological polar surface area (TPSA) is 41.5 Å². The van der Waals surface area contributed by atoms with Gasteiger partial charge in [-0.25, -0.2) is 0 Å². The molecule has 14 heavy (non-hydrogen) atoms. The largest absolute Gasteiger partial charge is 0.395 e. The van der Waals surface area contributed by atoms with E-state index in [1.165, 1.54) is 0 Å². The van der Waals surface area contributed by atoms with Gasteiger partial charge in [0.25, 0.3) is 0 Å². The van der Waals surface area contributed by atoms with E-state index in [0.717, 1.165) is 19.3 Å². The van der Waals surface area contributed by atoms with Gasteiger partial charge in [0.1, 0.15) is 6.23 Å². The summed E-state index contributed by atoms with van der Waals surface area (Å²) in [5.41, 5.74) is 0. The van der Waals surface area contributed by atoms with Crippen molar-refractivity contribution in [1.82, 2.24) is 5.32 Å². The van der Waals surface area contributed by atoms with Gasteiger partial charge >= 0.3 is 0 Å². The van der Waals surface area contributed by atoms with Crippen LogP contribution in [0.15, 0.2) is 0 Å². The molecule has 0 aromatic heterocycles. The number of ether oxygens (including phenoxy) is 1. The summed E-state index contributed by atoms with van der Waals surface area (Å²) in [4.78, 5) is 0. The molecule has 0 saturated heterocycles. The third-order valence-electron chi connectivity index (χ3n) is 2.39. The first-order chi connectivity index (χ1) is 6.63. The van der Waals surface area contributed by atoms with E-state index in [2.05, 4.69) is 26.1 Å². The normalized spacial score (nSPS) is 15.9. The van der Waals surface area contributed by atoms with E-state index >= 15 is 0 Å². The van der Waals surface area contributed by atoms with Crippen molar-refractivity contribution in [2.75, 3.05) is 13.7 Å². The SMILES string of the molecule is CCC(NC(CO)CCC(C)C)OC. The average Bonchev–Trinajstić information content (AvgIpc) is 2.18. The zero-order valence-corrected chi connectivity index (χ0v) is 9.92. The highest BCUT2D eigenvalue weighted by atomic mass is 16.5. The van der Waals surface area contributed by atoms with Crippen molar-refractivity contribution in [3.8, 4) is 0 Å². The molecule has 86 valence electrons. The lowest BCUT2D eigenvalue weighted by atomic mass is 10.0. The number of aliphatic hydroxyl groups is 1. The molecule has 0 aromatic rings. The minimum absolute atomic E-state index is 0.0688. The summed E-state index contributed by atoms with van der Waals surface area (Å²) in [7, 11) is 1.69. The fourth-order valence-corrected chi connectivity index (χ4v) is 1.38. The third kappa shape index (κ3) is 6.35. The van der Waals surface area contributed by atoms with Crippen LogP contribution in [0.25, 0.3) is 0 Å². The molecule has 0 aliphatic carbocycles. The molecule has 0 fully saturated rings. The van der Waals surface area contributed by atoms with Crippen molar-refractivity contribution < 1.29 is 9.84 Å². The Morgan fingerprint density at radius 1 is 1.29 bits per heavy atom. The second-order valence-electron chi connectivity index (χ2n) is 4.15. The van der Waals surface area contributed by atoms with Crippen LogP contribution in [0.3, 0.4) is 0 Å². The molecule has 0 aliphatic rings. The third-order valence-corrected chi connectivity index (χ3v) is 2.39. The fraction of sp³-hybridized carbons (Fsp3) is 1.00. The molecule has 0 aliphatic heterocycles. The van der Waals surface area contributed by atoms with Crippen LogP contribution in [0.4, 0.5) is 0 Å². The van der Waals surface area contributed by atoms with Gasteiger partial charge in [-0.2, -0.15) is 0 Å². The Labute approximate surface area is 87.8 Å². The maximum atomic E-state index is 9.16. The van der Waals surface area contributed by atoms with Gasteiger partial charge in [-0.05, 0) is 25.2 Å². The molecule has 0 bridgehead atoms. The minimum atomic E-state index is 0.0688. The van der Waals surface area contributed by atoms with Crippen LogP contribution in [0.1, 0.15) is 40.0 Å². The molecule has 0 rings (SSSR count). The van der Waals surface area contributed by atoms with Crippen LogP contribution in [0.2, 0.25) is 0 Å². The maximum Gasteiger partial charge on any atom is 0.107 e. The number of methoxy groups -OCH3 is 1. The van der Waals surface area contributed by atoms with Gasteiger partial charge in [0.2, 0.25) is 0 Å². The van der Waals surface area contributed by atoms with Gasteiger partial charge in [-0.15, -0.1) is 0 Å². The van der Waals surface area contributed by atoms with Crippen molar-refractivity contribution in [2.24, 2.45) is 5.92 Å². The standard InChI is InChI=1S/C11H25NO2/c1-5-11(14-4)12-10(8-13)7-6-9(2)3/h9-13H,5-8H2,1-4H3. The summed E-state index contributed by atoms with van der Waals surface area (Å²) in [6.45, 7) is 6.65. The van der Waals surface area contributed by atoms with Crippen molar-refractivity contribution in [3.63, 3.8) is 0 Å². The van der Waals surface area contributed by atoms with Gasteiger partial charge < -0.3 is 9.84 Å². The number of aliphatic hydroxyl groups excluding tert-OH is 1. The molecule has 0 saturated carbocycles. The lowest BCUT2D eigenvalue weighted by Gasteiger charge is -2.23. The Hall–Kier alpha value is -0.120. The first kappa shape index (κ1) is 13.9. The smallest absolute Gasteiger partial charge is 0.107 e. The molecule has 3 heteroatoms. The van der Waals surface area contributed by atoms with E-state index in [-0.39, 0.29) is 18.9 Å². The van der Waals surface area contributed by atoms with E-state index in [4.69, 9.17) is 9.84 Å². The molecule has 2 N–H and O–H groups in total. The summed E-state index contributed by atoms with van der Waals surface area (Å²) < 4.78 is 5.22. The van der Waals surface area contributed by atoms with Crippen LogP contribution in [0.5, 0.6) is 0 Å². The van der Waals surface area contributed by atoms with Gasteiger partial charge in [0.15, 0.2) is 0 Å². The molecular formula is C11H25NO2. The van der Waals surface area contributed by atoms with Gasteiger partial charge in [0.05, 0.1) is 6.61 Å². The predicted molar refractivity (Wildman–Crippen MR) is 59.2 cm³/mol. The van der Waals surface area contributed by atoms with Crippen LogP contribution in [-0.4, -0.2) is 31.1 Å². The maximum absolute atomic E-state index is 9.16. The van der Waals surface area contributed by atoms with Crippen LogP contribution < -0.4 is 5.32 Å².